The second kappa shape index (κ2) is 6.31. The normalized spacial score (nSPS) is 17.4. The second-order valence-electron chi connectivity index (χ2n) is 6.16. The molecule has 0 aliphatic heterocycles. The Morgan fingerprint density at radius 3 is 2.24 bits per heavy atom. The lowest BCUT2D eigenvalue weighted by atomic mass is 9.97. The highest BCUT2D eigenvalue weighted by Gasteiger charge is 2.28. The number of rotatable bonds is 6. The number of hydrogen-bond donors (Lipinski definition) is 2. The third kappa shape index (κ3) is 3.64. The van der Waals surface area contributed by atoms with Crippen LogP contribution in [0.4, 0.5) is 0 Å². The molecule has 2 unspecified atom stereocenters. The van der Waals surface area contributed by atoms with Crippen molar-refractivity contribution in [3.63, 3.8) is 0 Å². The van der Waals surface area contributed by atoms with Crippen molar-refractivity contribution in [2.24, 2.45) is 11.8 Å². The van der Waals surface area contributed by atoms with Crippen molar-refractivity contribution in [1.29, 1.82) is 0 Å². The van der Waals surface area contributed by atoms with E-state index in [4.69, 9.17) is 0 Å². The lowest BCUT2D eigenvalue weighted by molar-refractivity contribution is 0.440. The van der Waals surface area contributed by atoms with Gasteiger partial charge in [-0.1, -0.05) is 49.4 Å². The molecule has 3 rings (SSSR count). The van der Waals surface area contributed by atoms with Crippen molar-refractivity contribution >= 4 is 0 Å². The molecule has 0 saturated heterocycles. The molecule has 2 nitrogen and oxygen atoms in total. The van der Waals surface area contributed by atoms with Gasteiger partial charge in [-0.05, 0) is 54.5 Å². The van der Waals surface area contributed by atoms with E-state index >= 15 is 0 Å². The molecule has 1 fully saturated rings. The molecule has 0 spiro atoms. The quantitative estimate of drug-likeness (QED) is 0.835. The maximum Gasteiger partial charge on any atom is 0.115 e. The third-order valence-corrected chi connectivity index (χ3v) is 4.43. The Bertz CT molecular complexity index is 560. The zero-order valence-corrected chi connectivity index (χ0v) is 12.5. The van der Waals surface area contributed by atoms with Gasteiger partial charge < -0.3 is 10.4 Å². The Kier molecular flexibility index (Phi) is 4.26. The fourth-order valence-electron chi connectivity index (χ4n) is 2.88. The number of nitrogens with one attached hydrogen (secondary N) is 1. The second-order valence-corrected chi connectivity index (χ2v) is 6.16. The summed E-state index contributed by atoms with van der Waals surface area (Å²) in [6.07, 6.45) is 2.77. The lowest BCUT2D eigenvalue weighted by Gasteiger charge is -2.22. The standard InChI is InChI=1S/C19H23NO/c1-14(15-7-8-15)13-20-19(16-5-3-2-4-6-16)17-9-11-18(21)12-10-17/h2-6,9-12,14-15,19-21H,7-8,13H2,1H3. The van der Waals surface area contributed by atoms with Crippen LogP contribution in [0.1, 0.15) is 36.9 Å². The van der Waals surface area contributed by atoms with E-state index in [0.29, 0.717) is 5.75 Å². The highest BCUT2D eigenvalue weighted by atomic mass is 16.3. The number of hydrogen-bond acceptors (Lipinski definition) is 2. The van der Waals surface area contributed by atoms with Crippen LogP contribution in [0.2, 0.25) is 0 Å². The first-order valence-electron chi connectivity index (χ1n) is 7.81. The van der Waals surface area contributed by atoms with Crippen LogP contribution in [0.3, 0.4) is 0 Å². The molecule has 0 amide bonds. The monoisotopic (exact) mass is 281 g/mol. The van der Waals surface area contributed by atoms with E-state index in [-0.39, 0.29) is 6.04 Å². The molecule has 2 heteroatoms. The minimum atomic E-state index is 0.188. The zero-order chi connectivity index (χ0) is 14.7. The van der Waals surface area contributed by atoms with Gasteiger partial charge in [-0.25, -0.2) is 0 Å². The van der Waals surface area contributed by atoms with Crippen molar-refractivity contribution < 1.29 is 5.11 Å². The minimum Gasteiger partial charge on any atom is -0.508 e. The molecule has 1 aliphatic carbocycles. The summed E-state index contributed by atoms with van der Waals surface area (Å²) in [4.78, 5) is 0. The molecule has 1 aliphatic rings. The molecule has 1 saturated carbocycles. The number of phenolic OH excluding ortho intramolecular Hbond substituents is 1. The summed E-state index contributed by atoms with van der Waals surface area (Å²) in [6, 6.07) is 18.2. The average molecular weight is 281 g/mol. The van der Waals surface area contributed by atoms with E-state index < -0.39 is 0 Å². The van der Waals surface area contributed by atoms with E-state index in [0.717, 1.165) is 18.4 Å². The van der Waals surface area contributed by atoms with E-state index in [1.165, 1.54) is 24.0 Å². The Labute approximate surface area is 126 Å². The van der Waals surface area contributed by atoms with Crippen LogP contribution in [-0.4, -0.2) is 11.7 Å². The fourth-order valence-corrected chi connectivity index (χ4v) is 2.88. The van der Waals surface area contributed by atoms with E-state index in [1.54, 1.807) is 12.1 Å². The van der Waals surface area contributed by atoms with Crippen LogP contribution in [0.15, 0.2) is 54.6 Å². The first-order chi connectivity index (χ1) is 10.2. The highest BCUT2D eigenvalue weighted by molar-refractivity contribution is 5.34. The van der Waals surface area contributed by atoms with Gasteiger partial charge in [0.25, 0.3) is 0 Å². The summed E-state index contributed by atoms with van der Waals surface area (Å²) in [5, 5.41) is 13.2. The highest BCUT2D eigenvalue weighted by Crippen LogP contribution is 2.36. The topological polar surface area (TPSA) is 32.3 Å². The third-order valence-electron chi connectivity index (χ3n) is 4.43. The summed E-state index contributed by atoms with van der Waals surface area (Å²) in [5.74, 6) is 1.96. The molecule has 2 atom stereocenters. The van der Waals surface area contributed by atoms with Gasteiger partial charge in [-0.3, -0.25) is 0 Å². The predicted octanol–water partition coefficient (Wildman–Crippen LogP) is 4.12. The summed E-state index contributed by atoms with van der Waals surface area (Å²) in [5.41, 5.74) is 2.47. The largest absolute Gasteiger partial charge is 0.508 e. The van der Waals surface area contributed by atoms with E-state index in [1.807, 2.05) is 18.2 Å². The van der Waals surface area contributed by atoms with Gasteiger partial charge in [-0.2, -0.15) is 0 Å². The van der Waals surface area contributed by atoms with Gasteiger partial charge >= 0.3 is 0 Å². The van der Waals surface area contributed by atoms with Crippen molar-refractivity contribution in [2.45, 2.75) is 25.8 Å². The van der Waals surface area contributed by atoms with Crippen LogP contribution in [-0.2, 0) is 0 Å². The van der Waals surface area contributed by atoms with E-state index in [9.17, 15) is 5.11 Å². The Morgan fingerprint density at radius 1 is 1.00 bits per heavy atom. The molecular weight excluding hydrogens is 258 g/mol. The smallest absolute Gasteiger partial charge is 0.115 e. The molecule has 0 heterocycles. The number of benzene rings is 2. The molecule has 0 radical (unpaired) electrons. The van der Waals surface area contributed by atoms with Crippen molar-refractivity contribution in [3.05, 3.63) is 65.7 Å². The SMILES string of the molecule is CC(CNC(c1ccccc1)c1ccc(O)cc1)C1CC1. The van der Waals surface area contributed by atoms with Gasteiger partial charge in [0.05, 0.1) is 6.04 Å². The summed E-state index contributed by atoms with van der Waals surface area (Å²) < 4.78 is 0. The summed E-state index contributed by atoms with van der Waals surface area (Å²) in [7, 11) is 0. The van der Waals surface area contributed by atoms with Gasteiger partial charge in [-0.15, -0.1) is 0 Å². The van der Waals surface area contributed by atoms with Crippen LogP contribution < -0.4 is 5.32 Å². The molecule has 2 N–H and O–H groups in total. The van der Waals surface area contributed by atoms with Gasteiger partial charge in [0, 0.05) is 0 Å². The van der Waals surface area contributed by atoms with E-state index in [2.05, 4.69) is 36.5 Å². The van der Waals surface area contributed by atoms with Crippen LogP contribution in [0.25, 0.3) is 0 Å². The van der Waals surface area contributed by atoms with Crippen LogP contribution in [0.5, 0.6) is 5.75 Å². The lowest BCUT2D eigenvalue weighted by Crippen LogP contribution is -2.28. The average Bonchev–Trinajstić information content (AvgIpc) is 3.35. The minimum absolute atomic E-state index is 0.188. The van der Waals surface area contributed by atoms with Crippen molar-refractivity contribution in [3.8, 4) is 5.75 Å². The van der Waals surface area contributed by atoms with Crippen molar-refractivity contribution in [2.75, 3.05) is 6.54 Å². The molecule has 110 valence electrons. The van der Waals surface area contributed by atoms with Gasteiger partial charge in [0.15, 0.2) is 0 Å². The molecule has 21 heavy (non-hydrogen) atoms. The maximum absolute atomic E-state index is 9.49. The number of aromatic hydroxyl groups is 1. The van der Waals surface area contributed by atoms with Crippen LogP contribution >= 0.6 is 0 Å². The summed E-state index contributed by atoms with van der Waals surface area (Å²) >= 11 is 0. The molecule has 0 aromatic heterocycles. The van der Waals surface area contributed by atoms with Gasteiger partial charge in [0.1, 0.15) is 5.75 Å². The van der Waals surface area contributed by atoms with Crippen LogP contribution in [0, 0.1) is 11.8 Å². The Hall–Kier alpha value is -1.80. The predicted molar refractivity (Wildman–Crippen MR) is 86.3 cm³/mol. The van der Waals surface area contributed by atoms with Crippen molar-refractivity contribution in [1.82, 2.24) is 5.32 Å². The molecule has 2 aromatic rings. The molecular formula is C19H23NO. The first kappa shape index (κ1) is 14.2. The first-order valence-corrected chi connectivity index (χ1v) is 7.81. The number of phenols is 1. The Morgan fingerprint density at radius 2 is 1.62 bits per heavy atom. The zero-order valence-electron chi connectivity index (χ0n) is 12.5. The van der Waals surface area contributed by atoms with Gasteiger partial charge in [0.2, 0.25) is 0 Å². The maximum atomic E-state index is 9.49. The fraction of sp³-hybridized carbons (Fsp3) is 0.368. The molecule has 2 aromatic carbocycles. The summed E-state index contributed by atoms with van der Waals surface area (Å²) in [6.45, 7) is 3.37. The molecule has 0 bridgehead atoms. The Balaban J connectivity index is 1.78.